The van der Waals surface area contributed by atoms with E-state index in [4.69, 9.17) is 9.72 Å². The fraction of sp³-hybridized carbons (Fsp3) is 0.320. The molecule has 3 heterocycles. The molecule has 0 aliphatic carbocycles. The second-order valence-electron chi connectivity index (χ2n) is 8.72. The van der Waals surface area contributed by atoms with Crippen molar-refractivity contribution < 1.29 is 27.4 Å². The third-order valence-corrected chi connectivity index (χ3v) is 7.32. The first kappa shape index (κ1) is 25.8. The molecule has 2 aromatic carbocycles. The summed E-state index contributed by atoms with van der Waals surface area (Å²) in [4.78, 5) is 18.7. The first-order valence-corrected chi connectivity index (χ1v) is 12.7. The lowest BCUT2D eigenvalue weighted by atomic mass is 9.95. The number of aromatic nitrogens is 5. The minimum Gasteiger partial charge on any atom is -0.487 e. The molecule has 1 atom stereocenters. The molecule has 0 spiro atoms. The fourth-order valence-electron chi connectivity index (χ4n) is 4.38. The Morgan fingerprint density at radius 3 is 2.39 bits per heavy atom. The van der Waals surface area contributed by atoms with Crippen LogP contribution in [0.4, 0.5) is 13.2 Å². The molecule has 2 aromatic heterocycles. The Hall–Kier alpha value is -3.84. The van der Waals surface area contributed by atoms with Crippen LogP contribution in [-0.4, -0.2) is 55.8 Å². The van der Waals surface area contributed by atoms with Crippen molar-refractivity contribution >= 4 is 17.6 Å². The van der Waals surface area contributed by atoms with Gasteiger partial charge < -0.3 is 14.3 Å². The number of piperidine rings is 1. The molecule has 1 aliphatic rings. The number of halogens is 3. The maximum atomic E-state index is 12.4. The third kappa shape index (κ3) is 6.34. The Labute approximate surface area is 219 Å². The summed E-state index contributed by atoms with van der Waals surface area (Å²) in [6, 6.07) is 12.4. The fourth-order valence-corrected chi connectivity index (χ4v) is 5.35. The highest BCUT2D eigenvalue weighted by atomic mass is 32.1. The predicted molar refractivity (Wildman–Crippen MR) is 131 cm³/mol. The number of hydrogen-bond donors (Lipinski definition) is 0. The van der Waals surface area contributed by atoms with E-state index in [-0.39, 0.29) is 11.7 Å². The van der Waals surface area contributed by atoms with Crippen molar-refractivity contribution in [2.75, 3.05) is 13.1 Å². The Morgan fingerprint density at radius 2 is 1.76 bits per heavy atom. The van der Waals surface area contributed by atoms with E-state index < -0.39 is 12.4 Å². The molecule has 1 saturated heterocycles. The van der Waals surface area contributed by atoms with Gasteiger partial charge >= 0.3 is 6.36 Å². The molecule has 9 nitrogen and oxygen atoms in total. The Bertz CT molecular complexity index is 1320. The highest BCUT2D eigenvalue weighted by molar-refractivity contribution is 7.09. The van der Waals surface area contributed by atoms with Gasteiger partial charge in [-0.25, -0.2) is 9.67 Å². The van der Waals surface area contributed by atoms with Gasteiger partial charge in [-0.2, -0.15) is 0 Å². The molecule has 1 fully saturated rings. The minimum absolute atomic E-state index is 0.274. The highest BCUT2D eigenvalue weighted by Crippen LogP contribution is 2.34. The third-order valence-electron chi connectivity index (χ3n) is 6.26. The van der Waals surface area contributed by atoms with Crippen molar-refractivity contribution in [3.05, 3.63) is 76.5 Å². The summed E-state index contributed by atoms with van der Waals surface area (Å²) in [5, 5.41) is 14.1. The second-order valence-corrected chi connectivity index (χ2v) is 9.61. The van der Waals surface area contributed by atoms with Gasteiger partial charge in [-0.3, -0.25) is 4.90 Å². The number of benzene rings is 2. The zero-order valence-corrected chi connectivity index (χ0v) is 20.8. The van der Waals surface area contributed by atoms with Gasteiger partial charge in [0.2, 0.25) is 0 Å². The van der Waals surface area contributed by atoms with Crippen molar-refractivity contribution in [3.8, 4) is 17.2 Å². The monoisotopic (exact) mass is 544 g/mol. The average Bonchev–Trinajstić information content (AvgIpc) is 3.62. The normalized spacial score (nSPS) is 15.8. The molecule has 1 unspecified atom stereocenters. The molecule has 0 amide bonds. The van der Waals surface area contributed by atoms with E-state index in [1.54, 1.807) is 16.0 Å². The van der Waals surface area contributed by atoms with Crippen LogP contribution < -0.4 is 9.47 Å². The number of aldehydes is 1. The summed E-state index contributed by atoms with van der Waals surface area (Å²) in [6.07, 6.45) is -0.755. The average molecular weight is 545 g/mol. The Morgan fingerprint density at radius 1 is 1.05 bits per heavy atom. The number of ether oxygens (including phenoxy) is 2. The summed E-state index contributed by atoms with van der Waals surface area (Å²) in [5.74, 6) is 0.674. The Kier molecular flexibility index (Phi) is 7.65. The number of tetrazole rings is 1. The molecule has 0 bridgehead atoms. The van der Waals surface area contributed by atoms with Crippen molar-refractivity contribution in [3.63, 3.8) is 0 Å². The van der Waals surface area contributed by atoms with E-state index in [2.05, 4.69) is 20.3 Å². The van der Waals surface area contributed by atoms with Gasteiger partial charge in [-0.15, -0.1) is 29.6 Å². The zero-order valence-electron chi connectivity index (χ0n) is 20.0. The first-order valence-electron chi connectivity index (χ1n) is 11.8. The molecule has 4 aromatic rings. The van der Waals surface area contributed by atoms with Gasteiger partial charge in [0.1, 0.15) is 30.7 Å². The van der Waals surface area contributed by atoms with Crippen LogP contribution >= 0.6 is 11.3 Å². The number of likely N-dealkylation sites (tertiary alicyclic amines) is 1. The van der Waals surface area contributed by atoms with Crippen molar-refractivity contribution in [2.24, 2.45) is 0 Å². The largest absolute Gasteiger partial charge is 0.573 e. The smallest absolute Gasteiger partial charge is 0.487 e. The lowest BCUT2D eigenvalue weighted by Crippen LogP contribution is -2.36. The van der Waals surface area contributed by atoms with Crippen LogP contribution in [0.15, 0.2) is 60.2 Å². The van der Waals surface area contributed by atoms with Crippen molar-refractivity contribution in [2.45, 2.75) is 37.8 Å². The van der Waals surface area contributed by atoms with Gasteiger partial charge in [-0.1, -0.05) is 12.1 Å². The number of carbonyl (C=O) groups excluding carboxylic acids is 1. The lowest BCUT2D eigenvalue weighted by molar-refractivity contribution is -0.274. The minimum atomic E-state index is -4.75. The lowest BCUT2D eigenvalue weighted by Gasteiger charge is -2.34. The van der Waals surface area contributed by atoms with Gasteiger partial charge in [0.25, 0.3) is 0 Å². The number of alkyl halides is 3. The second kappa shape index (κ2) is 11.3. The standard InChI is InChI=1S/C25H23F3N6O3S/c26-25(27,28)37-22-5-1-17(2-6-22)23(13-35)33-11-9-18(10-12-33)24-30-19(15-38-24)14-36-21-7-3-20(4-8-21)34-16-29-31-32-34/h1-8,13,15-16,18,23H,9-12,14H2. The summed E-state index contributed by atoms with van der Waals surface area (Å²) < 4.78 is 48.6. The number of thiazole rings is 1. The van der Waals surface area contributed by atoms with E-state index in [0.29, 0.717) is 31.0 Å². The van der Waals surface area contributed by atoms with Crippen LogP contribution in [-0.2, 0) is 11.4 Å². The summed E-state index contributed by atoms with van der Waals surface area (Å²) in [7, 11) is 0. The number of carbonyl (C=O) groups is 1. The van der Waals surface area contributed by atoms with Crippen LogP contribution in [0.2, 0.25) is 0 Å². The van der Waals surface area contributed by atoms with Crippen LogP contribution in [0.1, 0.15) is 41.1 Å². The van der Waals surface area contributed by atoms with E-state index in [0.717, 1.165) is 35.5 Å². The molecule has 0 N–H and O–H groups in total. The van der Waals surface area contributed by atoms with Crippen LogP contribution in [0.25, 0.3) is 5.69 Å². The van der Waals surface area contributed by atoms with E-state index >= 15 is 0 Å². The molecular formula is C25H23F3N6O3S. The van der Waals surface area contributed by atoms with Gasteiger partial charge in [0.05, 0.1) is 22.4 Å². The molecule has 38 heavy (non-hydrogen) atoms. The van der Waals surface area contributed by atoms with Gasteiger partial charge in [-0.05, 0) is 78.3 Å². The zero-order chi connectivity index (χ0) is 26.5. The summed E-state index contributed by atoms with van der Waals surface area (Å²) in [5.41, 5.74) is 2.31. The van der Waals surface area contributed by atoms with Crippen molar-refractivity contribution in [1.29, 1.82) is 0 Å². The molecule has 0 saturated carbocycles. The number of hydrogen-bond acceptors (Lipinski definition) is 9. The van der Waals surface area contributed by atoms with E-state index in [9.17, 15) is 18.0 Å². The van der Waals surface area contributed by atoms with Crippen LogP contribution in [0, 0.1) is 0 Å². The maximum Gasteiger partial charge on any atom is 0.573 e. The Balaban J connectivity index is 1.12. The van der Waals surface area contributed by atoms with Crippen LogP contribution in [0.5, 0.6) is 11.5 Å². The molecule has 198 valence electrons. The molecule has 1 aliphatic heterocycles. The highest BCUT2D eigenvalue weighted by Gasteiger charge is 2.32. The SMILES string of the molecule is O=CC(c1ccc(OC(F)(F)F)cc1)N1CCC(c2nc(COc3ccc(-n4cnnn4)cc3)cs2)CC1. The summed E-state index contributed by atoms with van der Waals surface area (Å²) >= 11 is 1.60. The molecule has 13 heteroatoms. The van der Waals surface area contributed by atoms with Crippen LogP contribution in [0.3, 0.4) is 0 Å². The molecule has 0 radical (unpaired) electrons. The van der Waals surface area contributed by atoms with E-state index in [1.165, 1.54) is 30.6 Å². The van der Waals surface area contributed by atoms with E-state index in [1.807, 2.05) is 34.5 Å². The quantitative estimate of drug-likeness (QED) is 0.280. The molecule has 5 rings (SSSR count). The predicted octanol–water partition coefficient (Wildman–Crippen LogP) is 4.72. The van der Waals surface area contributed by atoms with Gasteiger partial charge in [0, 0.05) is 11.3 Å². The number of nitrogens with zero attached hydrogens (tertiary/aromatic N) is 6. The topological polar surface area (TPSA) is 95.3 Å². The molecular weight excluding hydrogens is 521 g/mol. The first-order chi connectivity index (χ1) is 18.4. The maximum absolute atomic E-state index is 12.4. The number of rotatable bonds is 9. The summed E-state index contributed by atoms with van der Waals surface area (Å²) in [6.45, 7) is 1.70. The van der Waals surface area contributed by atoms with Gasteiger partial charge in [0.15, 0.2) is 0 Å². The van der Waals surface area contributed by atoms with Crippen molar-refractivity contribution in [1.82, 2.24) is 30.1 Å².